The molecule has 0 amide bonds. The lowest BCUT2D eigenvalue weighted by Gasteiger charge is -2.32. The van der Waals surface area contributed by atoms with E-state index in [1.165, 1.54) is 10.5 Å². The average molecular weight is 387 g/mol. The number of hydrogen-bond donors (Lipinski definition) is 1. The Balaban J connectivity index is 1.71. The van der Waals surface area contributed by atoms with Gasteiger partial charge in [-0.05, 0) is 41.8 Å². The average Bonchev–Trinajstić information content (AvgIpc) is 2.57. The fourth-order valence-electron chi connectivity index (χ4n) is 2.83. The Hall–Kier alpha value is -1.66. The molecule has 1 aromatic carbocycles. The molecule has 1 N–H and O–H groups in total. The van der Waals surface area contributed by atoms with Gasteiger partial charge in [-0.1, -0.05) is 22.9 Å². The standard InChI is InChI=1S/C17H15BrN4S/c1-10-9-23-14-4-2-11(18)8-12(14)16(10)21-15-5-3-13-17(22-15)20-7-6-19-13/h2-8,10,16H,9H2,1H3,(H,20,21,22). The van der Waals surface area contributed by atoms with Crippen molar-refractivity contribution in [2.24, 2.45) is 5.92 Å². The number of anilines is 1. The SMILES string of the molecule is CC1CSc2ccc(Br)cc2C1Nc1ccc2nccnc2n1. The number of aromatic nitrogens is 3. The highest BCUT2D eigenvalue weighted by Crippen LogP contribution is 2.42. The minimum Gasteiger partial charge on any atom is -0.363 e. The Morgan fingerprint density at radius 3 is 2.96 bits per heavy atom. The van der Waals surface area contributed by atoms with Crippen LogP contribution in [0.5, 0.6) is 0 Å². The van der Waals surface area contributed by atoms with Gasteiger partial charge in [0, 0.05) is 27.5 Å². The largest absolute Gasteiger partial charge is 0.363 e. The first-order valence-corrected chi connectivity index (χ1v) is 9.25. The van der Waals surface area contributed by atoms with Crippen molar-refractivity contribution in [3.63, 3.8) is 0 Å². The van der Waals surface area contributed by atoms with Crippen LogP contribution in [-0.4, -0.2) is 20.7 Å². The van der Waals surface area contributed by atoms with Crippen LogP contribution in [0.4, 0.5) is 5.82 Å². The van der Waals surface area contributed by atoms with E-state index in [1.54, 1.807) is 12.4 Å². The molecule has 2 aromatic heterocycles. The summed E-state index contributed by atoms with van der Waals surface area (Å²) < 4.78 is 1.11. The number of nitrogens with zero attached hydrogens (tertiary/aromatic N) is 3. The van der Waals surface area contributed by atoms with Crippen LogP contribution in [0.15, 0.2) is 52.1 Å². The van der Waals surface area contributed by atoms with Gasteiger partial charge in [-0.25, -0.2) is 9.97 Å². The van der Waals surface area contributed by atoms with E-state index in [0.717, 1.165) is 21.6 Å². The summed E-state index contributed by atoms with van der Waals surface area (Å²) in [5.41, 5.74) is 2.81. The van der Waals surface area contributed by atoms with Gasteiger partial charge in [0.2, 0.25) is 0 Å². The van der Waals surface area contributed by atoms with Gasteiger partial charge in [0.1, 0.15) is 11.3 Å². The van der Waals surface area contributed by atoms with Gasteiger partial charge in [0.05, 0.1) is 6.04 Å². The lowest BCUT2D eigenvalue weighted by atomic mass is 9.95. The Bertz CT molecular complexity index is 870. The summed E-state index contributed by atoms with van der Waals surface area (Å²) in [6, 6.07) is 10.7. The van der Waals surface area contributed by atoms with Crippen LogP contribution in [0.2, 0.25) is 0 Å². The minimum absolute atomic E-state index is 0.241. The second kappa shape index (κ2) is 6.09. The smallest absolute Gasteiger partial charge is 0.180 e. The van der Waals surface area contributed by atoms with Crippen LogP contribution in [0.1, 0.15) is 18.5 Å². The minimum atomic E-state index is 0.241. The van der Waals surface area contributed by atoms with E-state index >= 15 is 0 Å². The van der Waals surface area contributed by atoms with E-state index < -0.39 is 0 Å². The van der Waals surface area contributed by atoms with E-state index in [4.69, 9.17) is 0 Å². The highest BCUT2D eigenvalue weighted by Gasteiger charge is 2.27. The first kappa shape index (κ1) is 14.9. The maximum Gasteiger partial charge on any atom is 0.180 e. The third kappa shape index (κ3) is 2.93. The molecule has 3 heterocycles. The molecule has 23 heavy (non-hydrogen) atoms. The van der Waals surface area contributed by atoms with Gasteiger partial charge in [-0.15, -0.1) is 11.8 Å². The molecule has 0 fully saturated rings. The molecular weight excluding hydrogens is 372 g/mol. The van der Waals surface area contributed by atoms with Gasteiger partial charge in [-0.2, -0.15) is 0 Å². The summed E-state index contributed by atoms with van der Waals surface area (Å²) in [6.45, 7) is 2.27. The van der Waals surface area contributed by atoms with Crippen LogP contribution < -0.4 is 5.32 Å². The number of benzene rings is 1. The molecule has 3 aromatic rings. The third-order valence-electron chi connectivity index (χ3n) is 4.01. The van der Waals surface area contributed by atoms with Crippen LogP contribution in [0, 0.1) is 5.92 Å². The molecule has 0 saturated carbocycles. The highest BCUT2D eigenvalue weighted by molar-refractivity contribution is 9.10. The summed E-state index contributed by atoms with van der Waals surface area (Å²) in [7, 11) is 0. The predicted octanol–water partition coefficient (Wildman–Crippen LogP) is 4.68. The molecule has 4 rings (SSSR count). The molecule has 0 saturated heterocycles. The molecule has 116 valence electrons. The quantitative estimate of drug-likeness (QED) is 0.692. The molecule has 2 atom stereocenters. The van der Waals surface area contributed by atoms with Crippen molar-refractivity contribution in [2.45, 2.75) is 17.9 Å². The fraction of sp³-hybridized carbons (Fsp3) is 0.235. The van der Waals surface area contributed by atoms with E-state index in [9.17, 15) is 0 Å². The van der Waals surface area contributed by atoms with Crippen molar-refractivity contribution in [1.29, 1.82) is 0 Å². The number of pyridine rings is 1. The monoisotopic (exact) mass is 386 g/mol. The van der Waals surface area contributed by atoms with Crippen molar-refractivity contribution in [3.05, 3.63) is 52.8 Å². The first-order chi connectivity index (χ1) is 11.2. The molecule has 0 spiro atoms. The number of hydrogen-bond acceptors (Lipinski definition) is 5. The van der Waals surface area contributed by atoms with E-state index in [1.807, 2.05) is 23.9 Å². The Labute approximate surface area is 147 Å². The number of rotatable bonds is 2. The molecule has 0 radical (unpaired) electrons. The molecule has 1 aliphatic rings. The van der Waals surface area contributed by atoms with Crippen LogP contribution in [0.3, 0.4) is 0 Å². The van der Waals surface area contributed by atoms with Crippen molar-refractivity contribution in [2.75, 3.05) is 11.1 Å². The second-order valence-electron chi connectivity index (χ2n) is 5.69. The summed E-state index contributed by atoms with van der Waals surface area (Å²) >= 11 is 5.50. The molecule has 0 bridgehead atoms. The molecule has 2 unspecified atom stereocenters. The van der Waals surface area contributed by atoms with Gasteiger partial charge < -0.3 is 5.32 Å². The van der Waals surface area contributed by atoms with Crippen LogP contribution in [-0.2, 0) is 0 Å². The van der Waals surface area contributed by atoms with Gasteiger partial charge >= 0.3 is 0 Å². The van der Waals surface area contributed by atoms with E-state index in [2.05, 4.69) is 61.3 Å². The van der Waals surface area contributed by atoms with Crippen molar-refractivity contribution >= 4 is 44.7 Å². The van der Waals surface area contributed by atoms with Crippen molar-refractivity contribution in [1.82, 2.24) is 15.0 Å². The van der Waals surface area contributed by atoms with Gasteiger partial charge in [0.15, 0.2) is 5.65 Å². The number of nitrogens with one attached hydrogen (secondary N) is 1. The maximum atomic E-state index is 4.60. The lowest BCUT2D eigenvalue weighted by Crippen LogP contribution is -2.25. The van der Waals surface area contributed by atoms with Gasteiger partial charge in [-0.3, -0.25) is 4.98 Å². The summed E-state index contributed by atoms with van der Waals surface area (Å²) in [6.07, 6.45) is 3.36. The van der Waals surface area contributed by atoms with E-state index in [-0.39, 0.29) is 6.04 Å². The molecule has 4 nitrogen and oxygen atoms in total. The summed E-state index contributed by atoms with van der Waals surface area (Å²) in [5.74, 6) is 2.45. The maximum absolute atomic E-state index is 4.60. The highest BCUT2D eigenvalue weighted by atomic mass is 79.9. The zero-order chi connectivity index (χ0) is 15.8. The summed E-state index contributed by atoms with van der Waals surface area (Å²) in [5, 5.41) is 3.59. The Morgan fingerprint density at radius 2 is 2.04 bits per heavy atom. The number of fused-ring (bicyclic) bond motifs is 2. The Morgan fingerprint density at radius 1 is 1.17 bits per heavy atom. The van der Waals surface area contributed by atoms with Crippen molar-refractivity contribution < 1.29 is 0 Å². The van der Waals surface area contributed by atoms with Crippen LogP contribution in [0.25, 0.3) is 11.2 Å². The zero-order valence-electron chi connectivity index (χ0n) is 12.5. The lowest BCUT2D eigenvalue weighted by molar-refractivity contribution is 0.537. The third-order valence-corrected chi connectivity index (χ3v) is 5.88. The van der Waals surface area contributed by atoms with Crippen LogP contribution >= 0.6 is 27.7 Å². The molecule has 1 aliphatic heterocycles. The van der Waals surface area contributed by atoms with Gasteiger partial charge in [0.25, 0.3) is 0 Å². The fourth-order valence-corrected chi connectivity index (χ4v) is 4.36. The van der Waals surface area contributed by atoms with Crippen molar-refractivity contribution in [3.8, 4) is 0 Å². The molecular formula is C17H15BrN4S. The first-order valence-electron chi connectivity index (χ1n) is 7.47. The second-order valence-corrected chi connectivity index (χ2v) is 7.67. The molecule has 6 heteroatoms. The Kier molecular flexibility index (Phi) is 3.95. The number of halogens is 1. The normalized spacial score (nSPS) is 20.3. The molecule has 0 aliphatic carbocycles. The zero-order valence-corrected chi connectivity index (χ0v) is 14.9. The predicted molar refractivity (Wildman–Crippen MR) is 97.7 cm³/mol. The topological polar surface area (TPSA) is 50.7 Å². The van der Waals surface area contributed by atoms with E-state index in [0.29, 0.717) is 11.6 Å². The summed E-state index contributed by atoms with van der Waals surface area (Å²) in [4.78, 5) is 14.5. The number of thioether (sulfide) groups is 1.